The molecule has 1 unspecified atom stereocenters. The van der Waals surface area contributed by atoms with Crippen LogP contribution >= 0.6 is 0 Å². The lowest BCUT2D eigenvalue weighted by Gasteiger charge is -2.11. The Labute approximate surface area is 135 Å². The largest absolute Gasteiger partial charge is 0.366 e. The molecule has 0 bridgehead atoms. The molecule has 1 aromatic heterocycles. The summed E-state index contributed by atoms with van der Waals surface area (Å²) in [5.41, 5.74) is 1.31. The maximum atomic E-state index is 12.2. The van der Waals surface area contributed by atoms with Crippen LogP contribution in [0, 0.1) is 0 Å². The van der Waals surface area contributed by atoms with Crippen LogP contribution in [0.2, 0.25) is 0 Å². The van der Waals surface area contributed by atoms with Gasteiger partial charge in [-0.3, -0.25) is 9.59 Å². The van der Waals surface area contributed by atoms with Gasteiger partial charge in [0.05, 0.1) is 12.4 Å². The number of anilines is 2. The number of ketones is 1. The molecule has 1 heterocycles. The summed E-state index contributed by atoms with van der Waals surface area (Å²) >= 11 is 0. The molecule has 1 amide bonds. The molecule has 6 nitrogen and oxygen atoms in total. The van der Waals surface area contributed by atoms with Crippen LogP contribution < -0.4 is 10.6 Å². The topological polar surface area (TPSA) is 84.0 Å². The summed E-state index contributed by atoms with van der Waals surface area (Å²) in [6, 6.07) is 7.06. The molecule has 0 saturated heterocycles. The fraction of sp³-hybridized carbons (Fsp3) is 0.294. The third-order valence-electron chi connectivity index (χ3n) is 3.42. The zero-order valence-corrected chi connectivity index (χ0v) is 13.5. The fourth-order valence-corrected chi connectivity index (χ4v) is 1.89. The molecule has 0 fully saturated rings. The van der Waals surface area contributed by atoms with Crippen LogP contribution in [0.3, 0.4) is 0 Å². The fourth-order valence-electron chi connectivity index (χ4n) is 1.89. The number of rotatable bonds is 6. The van der Waals surface area contributed by atoms with Gasteiger partial charge in [-0.25, -0.2) is 9.97 Å². The van der Waals surface area contributed by atoms with Gasteiger partial charge in [0.1, 0.15) is 11.5 Å². The Bertz CT molecular complexity index is 698. The van der Waals surface area contributed by atoms with Crippen molar-refractivity contribution in [2.75, 3.05) is 10.6 Å². The lowest BCUT2D eigenvalue weighted by molar-refractivity contribution is 0.100. The van der Waals surface area contributed by atoms with E-state index in [0.717, 1.165) is 6.42 Å². The van der Waals surface area contributed by atoms with Gasteiger partial charge in [-0.1, -0.05) is 19.1 Å². The number of hydrogen-bond acceptors (Lipinski definition) is 5. The van der Waals surface area contributed by atoms with Gasteiger partial charge >= 0.3 is 0 Å². The molecule has 2 aromatic rings. The molecule has 0 aliphatic rings. The minimum atomic E-state index is -0.367. The van der Waals surface area contributed by atoms with Crippen LogP contribution in [0.4, 0.5) is 11.5 Å². The van der Waals surface area contributed by atoms with Crippen molar-refractivity contribution in [2.24, 2.45) is 0 Å². The summed E-state index contributed by atoms with van der Waals surface area (Å²) < 4.78 is 0. The lowest BCUT2D eigenvalue weighted by Crippen LogP contribution is -2.17. The summed E-state index contributed by atoms with van der Waals surface area (Å²) in [6.45, 7) is 5.60. The van der Waals surface area contributed by atoms with E-state index in [1.807, 2.05) is 6.92 Å². The summed E-state index contributed by atoms with van der Waals surface area (Å²) in [4.78, 5) is 31.8. The van der Waals surface area contributed by atoms with Crippen molar-refractivity contribution in [3.05, 3.63) is 47.9 Å². The standard InChI is InChI=1S/C17H20N4O2/c1-4-11(2)20-16-10-18-15(9-19-16)17(23)21-14-7-5-6-13(8-14)12(3)22/h5-11H,4H2,1-3H3,(H,19,20)(H,21,23). The Morgan fingerprint density at radius 2 is 2.00 bits per heavy atom. The monoisotopic (exact) mass is 312 g/mol. The van der Waals surface area contributed by atoms with Crippen molar-refractivity contribution in [1.82, 2.24) is 9.97 Å². The van der Waals surface area contributed by atoms with Crippen molar-refractivity contribution in [3.8, 4) is 0 Å². The van der Waals surface area contributed by atoms with Crippen LogP contribution in [0.5, 0.6) is 0 Å². The average Bonchev–Trinajstić information content (AvgIpc) is 2.55. The van der Waals surface area contributed by atoms with E-state index in [0.29, 0.717) is 23.1 Å². The summed E-state index contributed by atoms with van der Waals surface area (Å²) in [6.07, 6.45) is 3.93. The molecule has 0 saturated carbocycles. The Kier molecular flexibility index (Phi) is 5.41. The highest BCUT2D eigenvalue weighted by atomic mass is 16.2. The highest BCUT2D eigenvalue weighted by Crippen LogP contribution is 2.12. The van der Waals surface area contributed by atoms with Crippen molar-refractivity contribution >= 4 is 23.2 Å². The molecule has 2 rings (SSSR count). The number of hydrogen-bond donors (Lipinski definition) is 2. The van der Waals surface area contributed by atoms with Gasteiger partial charge in [0, 0.05) is 17.3 Å². The summed E-state index contributed by atoms with van der Waals surface area (Å²) in [5.74, 6) is 0.212. The molecule has 2 N–H and O–H groups in total. The van der Waals surface area contributed by atoms with Gasteiger partial charge in [0.2, 0.25) is 0 Å². The predicted molar refractivity (Wildman–Crippen MR) is 89.8 cm³/mol. The number of benzene rings is 1. The van der Waals surface area contributed by atoms with E-state index in [1.54, 1.807) is 24.3 Å². The van der Waals surface area contributed by atoms with Gasteiger partial charge in [0.15, 0.2) is 5.78 Å². The summed E-state index contributed by atoms with van der Waals surface area (Å²) in [5, 5.41) is 5.90. The first-order chi connectivity index (χ1) is 11.0. The van der Waals surface area contributed by atoms with Crippen LogP contribution in [-0.2, 0) is 0 Å². The Balaban J connectivity index is 2.06. The molecule has 0 spiro atoms. The van der Waals surface area contributed by atoms with Crippen LogP contribution in [0.15, 0.2) is 36.7 Å². The number of amides is 1. The second-order valence-corrected chi connectivity index (χ2v) is 5.33. The van der Waals surface area contributed by atoms with Gasteiger partial charge in [-0.05, 0) is 32.4 Å². The minimum Gasteiger partial charge on any atom is -0.366 e. The number of aromatic nitrogens is 2. The molecular formula is C17H20N4O2. The first-order valence-electron chi connectivity index (χ1n) is 7.50. The lowest BCUT2D eigenvalue weighted by atomic mass is 10.1. The van der Waals surface area contributed by atoms with Gasteiger partial charge in [-0.15, -0.1) is 0 Å². The molecule has 0 radical (unpaired) electrons. The van der Waals surface area contributed by atoms with Crippen molar-refractivity contribution < 1.29 is 9.59 Å². The number of Topliss-reactive ketones (excluding diaryl/α,β-unsaturated/α-hetero) is 1. The van der Waals surface area contributed by atoms with Gasteiger partial charge in [-0.2, -0.15) is 0 Å². The van der Waals surface area contributed by atoms with Crippen molar-refractivity contribution in [2.45, 2.75) is 33.2 Å². The zero-order chi connectivity index (χ0) is 16.8. The molecular weight excluding hydrogens is 292 g/mol. The number of nitrogens with zero attached hydrogens (tertiary/aromatic N) is 2. The average molecular weight is 312 g/mol. The highest BCUT2D eigenvalue weighted by molar-refractivity contribution is 6.03. The van der Waals surface area contributed by atoms with Crippen molar-refractivity contribution in [1.29, 1.82) is 0 Å². The third-order valence-corrected chi connectivity index (χ3v) is 3.42. The molecule has 6 heteroatoms. The molecule has 1 aromatic carbocycles. The molecule has 120 valence electrons. The van der Waals surface area contributed by atoms with E-state index in [2.05, 4.69) is 27.5 Å². The van der Waals surface area contributed by atoms with Gasteiger partial charge < -0.3 is 10.6 Å². The number of carbonyl (C=O) groups excluding carboxylic acids is 2. The Hall–Kier alpha value is -2.76. The zero-order valence-electron chi connectivity index (χ0n) is 13.5. The van der Waals surface area contributed by atoms with Gasteiger partial charge in [0.25, 0.3) is 5.91 Å². The van der Waals surface area contributed by atoms with Crippen LogP contribution in [0.1, 0.15) is 48.0 Å². The van der Waals surface area contributed by atoms with Crippen LogP contribution in [0.25, 0.3) is 0 Å². The minimum absolute atomic E-state index is 0.0543. The molecule has 0 aliphatic carbocycles. The summed E-state index contributed by atoms with van der Waals surface area (Å²) in [7, 11) is 0. The first-order valence-corrected chi connectivity index (χ1v) is 7.50. The molecule has 0 aliphatic heterocycles. The van der Waals surface area contributed by atoms with E-state index < -0.39 is 0 Å². The number of carbonyl (C=O) groups is 2. The van der Waals surface area contributed by atoms with E-state index in [9.17, 15) is 9.59 Å². The Morgan fingerprint density at radius 3 is 2.61 bits per heavy atom. The molecule has 23 heavy (non-hydrogen) atoms. The predicted octanol–water partition coefficient (Wildman–Crippen LogP) is 3.14. The number of nitrogens with one attached hydrogen (secondary N) is 2. The van der Waals surface area contributed by atoms with Crippen LogP contribution in [-0.4, -0.2) is 27.7 Å². The third kappa shape index (κ3) is 4.60. The van der Waals surface area contributed by atoms with E-state index in [4.69, 9.17) is 0 Å². The van der Waals surface area contributed by atoms with E-state index in [-0.39, 0.29) is 17.4 Å². The quantitative estimate of drug-likeness (QED) is 0.801. The van der Waals surface area contributed by atoms with Crippen molar-refractivity contribution in [3.63, 3.8) is 0 Å². The normalized spacial score (nSPS) is 11.6. The second-order valence-electron chi connectivity index (χ2n) is 5.33. The molecule has 1 atom stereocenters. The Morgan fingerprint density at radius 1 is 1.22 bits per heavy atom. The first kappa shape index (κ1) is 16.6. The maximum Gasteiger partial charge on any atom is 0.275 e. The van der Waals surface area contributed by atoms with E-state index >= 15 is 0 Å². The maximum absolute atomic E-state index is 12.2. The smallest absolute Gasteiger partial charge is 0.275 e. The van der Waals surface area contributed by atoms with E-state index in [1.165, 1.54) is 19.3 Å². The highest BCUT2D eigenvalue weighted by Gasteiger charge is 2.10. The second kappa shape index (κ2) is 7.49. The SMILES string of the molecule is CCC(C)Nc1cnc(C(=O)Nc2cccc(C(C)=O)c2)cn1.